The largest absolute Gasteiger partial charge is 0.394 e. The van der Waals surface area contributed by atoms with Crippen molar-refractivity contribution in [3.8, 4) is 11.4 Å². The summed E-state index contributed by atoms with van der Waals surface area (Å²) in [6.45, 7) is 3.90. The second-order valence-electron chi connectivity index (χ2n) is 5.74. The van der Waals surface area contributed by atoms with Gasteiger partial charge in [-0.25, -0.2) is 0 Å². The standard InChI is InChI=1S/C16H23N5O2S/c1-11(2)21-19-15(18-20-21)12-4-6-13(7-5-12)16(23)17-14(10-22)8-9-24-3/h4-7,11,14,22H,8-10H2,1-3H3,(H,17,23)/t14-/m1/s1. The van der Waals surface area contributed by atoms with Crippen molar-refractivity contribution in [1.29, 1.82) is 0 Å². The summed E-state index contributed by atoms with van der Waals surface area (Å²) < 4.78 is 0. The molecule has 0 aliphatic heterocycles. The number of nitrogens with zero attached hydrogens (tertiary/aromatic N) is 4. The summed E-state index contributed by atoms with van der Waals surface area (Å²) in [7, 11) is 0. The van der Waals surface area contributed by atoms with Crippen molar-refractivity contribution in [3.63, 3.8) is 0 Å². The molecular formula is C16H23N5O2S. The second kappa shape index (κ2) is 8.79. The van der Waals surface area contributed by atoms with Crippen LogP contribution in [0.2, 0.25) is 0 Å². The Morgan fingerprint density at radius 2 is 2.04 bits per heavy atom. The summed E-state index contributed by atoms with van der Waals surface area (Å²) in [4.78, 5) is 13.8. The van der Waals surface area contributed by atoms with Gasteiger partial charge in [0, 0.05) is 11.1 Å². The first-order valence-electron chi connectivity index (χ1n) is 7.85. The van der Waals surface area contributed by atoms with E-state index in [-0.39, 0.29) is 24.6 Å². The topological polar surface area (TPSA) is 92.9 Å². The predicted molar refractivity (Wildman–Crippen MR) is 95.0 cm³/mol. The lowest BCUT2D eigenvalue weighted by molar-refractivity contribution is 0.0915. The maximum Gasteiger partial charge on any atom is 0.251 e. The molecule has 0 aliphatic carbocycles. The van der Waals surface area contributed by atoms with Crippen molar-refractivity contribution in [2.45, 2.75) is 32.4 Å². The van der Waals surface area contributed by atoms with Crippen LogP contribution in [0, 0.1) is 0 Å². The van der Waals surface area contributed by atoms with Gasteiger partial charge in [-0.05, 0) is 49.6 Å². The number of rotatable bonds is 8. The number of carbonyl (C=O) groups is 1. The molecule has 2 aromatic rings. The molecule has 0 saturated carbocycles. The highest BCUT2D eigenvalue weighted by molar-refractivity contribution is 7.98. The molecule has 1 amide bonds. The Bertz CT molecular complexity index is 657. The number of hydrogen-bond donors (Lipinski definition) is 2. The number of thioether (sulfide) groups is 1. The fourth-order valence-electron chi connectivity index (χ4n) is 2.07. The molecule has 7 nitrogen and oxygen atoms in total. The van der Waals surface area contributed by atoms with Crippen LogP contribution in [0.25, 0.3) is 11.4 Å². The number of hydrogen-bond acceptors (Lipinski definition) is 6. The van der Waals surface area contributed by atoms with Gasteiger partial charge in [-0.15, -0.1) is 10.2 Å². The minimum atomic E-state index is -0.225. The fourth-order valence-corrected chi connectivity index (χ4v) is 2.59. The molecule has 1 heterocycles. The van der Waals surface area contributed by atoms with Gasteiger partial charge in [0.1, 0.15) is 0 Å². The summed E-state index contributed by atoms with van der Waals surface area (Å²) in [5, 5.41) is 24.5. The zero-order valence-corrected chi connectivity index (χ0v) is 15.0. The van der Waals surface area contributed by atoms with Gasteiger partial charge in [0.25, 0.3) is 5.91 Å². The van der Waals surface area contributed by atoms with Crippen LogP contribution in [-0.2, 0) is 0 Å². The van der Waals surface area contributed by atoms with Crippen LogP contribution in [0.5, 0.6) is 0 Å². The Balaban J connectivity index is 2.03. The van der Waals surface area contributed by atoms with Crippen LogP contribution >= 0.6 is 11.8 Å². The molecule has 1 atom stereocenters. The van der Waals surface area contributed by atoms with Gasteiger partial charge in [-0.2, -0.15) is 16.6 Å². The molecule has 8 heteroatoms. The highest BCUT2D eigenvalue weighted by atomic mass is 32.2. The number of aliphatic hydroxyl groups is 1. The average molecular weight is 349 g/mol. The fraction of sp³-hybridized carbons (Fsp3) is 0.500. The van der Waals surface area contributed by atoms with E-state index < -0.39 is 0 Å². The van der Waals surface area contributed by atoms with Crippen LogP contribution in [0.3, 0.4) is 0 Å². The van der Waals surface area contributed by atoms with Gasteiger partial charge in [-0.1, -0.05) is 12.1 Å². The van der Waals surface area contributed by atoms with Crippen molar-refractivity contribution >= 4 is 17.7 Å². The third kappa shape index (κ3) is 4.78. The zero-order valence-electron chi connectivity index (χ0n) is 14.1. The summed E-state index contributed by atoms with van der Waals surface area (Å²) in [5.41, 5.74) is 1.34. The Morgan fingerprint density at radius 3 is 2.58 bits per heavy atom. The maximum absolute atomic E-state index is 12.2. The van der Waals surface area contributed by atoms with Crippen LogP contribution in [0.15, 0.2) is 24.3 Å². The first kappa shape index (κ1) is 18.4. The van der Waals surface area contributed by atoms with Gasteiger partial charge >= 0.3 is 0 Å². The van der Waals surface area contributed by atoms with Crippen molar-refractivity contribution in [1.82, 2.24) is 25.5 Å². The Labute approximate surface area is 145 Å². The first-order chi connectivity index (χ1) is 11.5. The second-order valence-corrected chi connectivity index (χ2v) is 6.72. The average Bonchev–Trinajstić information content (AvgIpc) is 3.09. The van der Waals surface area contributed by atoms with E-state index in [0.717, 1.165) is 17.7 Å². The molecule has 0 aliphatic rings. The number of tetrazole rings is 1. The van der Waals surface area contributed by atoms with E-state index in [1.165, 1.54) is 0 Å². The number of aromatic nitrogens is 4. The van der Waals surface area contributed by atoms with E-state index in [1.807, 2.05) is 20.1 Å². The lowest BCUT2D eigenvalue weighted by atomic mass is 10.1. The molecule has 24 heavy (non-hydrogen) atoms. The lowest BCUT2D eigenvalue weighted by Crippen LogP contribution is -2.37. The molecule has 130 valence electrons. The van der Waals surface area contributed by atoms with Crippen LogP contribution in [0.4, 0.5) is 0 Å². The molecule has 0 unspecified atom stereocenters. The van der Waals surface area contributed by atoms with E-state index in [0.29, 0.717) is 11.4 Å². The molecule has 0 radical (unpaired) electrons. The van der Waals surface area contributed by atoms with Gasteiger partial charge in [-0.3, -0.25) is 4.79 Å². The van der Waals surface area contributed by atoms with Gasteiger partial charge in [0.15, 0.2) is 0 Å². The zero-order chi connectivity index (χ0) is 17.5. The van der Waals surface area contributed by atoms with Gasteiger partial charge in [0.05, 0.1) is 18.7 Å². The SMILES string of the molecule is CSCC[C@H](CO)NC(=O)c1ccc(-c2nnn(C(C)C)n2)cc1. The van der Waals surface area contributed by atoms with Crippen molar-refractivity contribution in [2.24, 2.45) is 0 Å². The summed E-state index contributed by atoms with van der Waals surface area (Å²) in [6, 6.07) is 6.97. The van der Waals surface area contributed by atoms with E-state index in [1.54, 1.807) is 40.8 Å². The van der Waals surface area contributed by atoms with Crippen molar-refractivity contribution in [3.05, 3.63) is 29.8 Å². The monoisotopic (exact) mass is 349 g/mol. The predicted octanol–water partition coefficient (Wildman–Crippen LogP) is 1.76. The highest BCUT2D eigenvalue weighted by Gasteiger charge is 2.14. The molecular weight excluding hydrogens is 326 g/mol. The molecule has 1 aromatic heterocycles. The van der Waals surface area contributed by atoms with Gasteiger partial charge in [0.2, 0.25) is 5.82 Å². The Morgan fingerprint density at radius 1 is 1.33 bits per heavy atom. The number of benzene rings is 1. The van der Waals surface area contributed by atoms with E-state index in [9.17, 15) is 9.90 Å². The number of amides is 1. The van der Waals surface area contributed by atoms with E-state index in [2.05, 4.69) is 20.7 Å². The minimum absolute atomic E-state index is 0.0629. The highest BCUT2D eigenvalue weighted by Crippen LogP contribution is 2.15. The van der Waals surface area contributed by atoms with Crippen molar-refractivity contribution in [2.75, 3.05) is 18.6 Å². The summed E-state index contributed by atoms with van der Waals surface area (Å²) in [6.07, 6.45) is 2.74. The smallest absolute Gasteiger partial charge is 0.251 e. The first-order valence-corrected chi connectivity index (χ1v) is 9.25. The quantitative estimate of drug-likeness (QED) is 0.754. The van der Waals surface area contributed by atoms with Crippen LogP contribution in [-0.4, -0.2) is 55.9 Å². The molecule has 2 rings (SSSR count). The molecule has 0 saturated heterocycles. The number of carbonyl (C=O) groups excluding carboxylic acids is 1. The molecule has 0 fully saturated rings. The normalized spacial score (nSPS) is 12.4. The van der Waals surface area contributed by atoms with Crippen molar-refractivity contribution < 1.29 is 9.90 Å². The third-order valence-electron chi connectivity index (χ3n) is 3.52. The Hall–Kier alpha value is -1.93. The number of nitrogens with one attached hydrogen (secondary N) is 1. The molecule has 2 N–H and O–H groups in total. The van der Waals surface area contributed by atoms with Gasteiger partial charge < -0.3 is 10.4 Å². The number of aliphatic hydroxyl groups excluding tert-OH is 1. The van der Waals surface area contributed by atoms with Crippen LogP contribution in [0.1, 0.15) is 36.7 Å². The maximum atomic E-state index is 12.2. The molecule has 0 bridgehead atoms. The third-order valence-corrected chi connectivity index (χ3v) is 4.17. The summed E-state index contributed by atoms with van der Waals surface area (Å²) >= 11 is 1.69. The minimum Gasteiger partial charge on any atom is -0.394 e. The lowest BCUT2D eigenvalue weighted by Gasteiger charge is -2.15. The molecule has 1 aromatic carbocycles. The van der Waals surface area contributed by atoms with Crippen LogP contribution < -0.4 is 5.32 Å². The summed E-state index contributed by atoms with van der Waals surface area (Å²) in [5.74, 6) is 1.23. The van der Waals surface area contributed by atoms with E-state index in [4.69, 9.17) is 0 Å². The Kier molecular flexibility index (Phi) is 6.74. The molecule has 0 spiro atoms. The van der Waals surface area contributed by atoms with E-state index >= 15 is 0 Å².